The van der Waals surface area contributed by atoms with Crippen LogP contribution in [0.25, 0.3) is 0 Å². The van der Waals surface area contributed by atoms with E-state index in [1.807, 2.05) is 39.5 Å². The lowest BCUT2D eigenvalue weighted by Gasteiger charge is -2.40. The highest BCUT2D eigenvalue weighted by Gasteiger charge is 2.44. The number of hydrogen-bond donors (Lipinski definition) is 0. The van der Waals surface area contributed by atoms with Crippen LogP contribution in [0, 0.1) is 5.92 Å². The summed E-state index contributed by atoms with van der Waals surface area (Å²) in [6, 6.07) is 0. The Hall–Kier alpha value is -0.220. The van der Waals surface area contributed by atoms with Crippen molar-refractivity contribution in [2.24, 2.45) is 5.92 Å². The third kappa shape index (κ3) is 7.05. The number of halogens is 2. The van der Waals surface area contributed by atoms with Crippen molar-refractivity contribution in [3.63, 3.8) is 0 Å². The zero-order chi connectivity index (χ0) is 16.3. The second-order valence-corrected chi connectivity index (χ2v) is 5.48. The molecule has 2 nitrogen and oxygen atoms in total. The molecule has 21 heavy (non-hydrogen) atoms. The SMILES string of the molecule is CC.CC.CCN1CCC(CN2CCCCC2)C(F)(F)C1. The van der Waals surface area contributed by atoms with E-state index >= 15 is 0 Å². The fourth-order valence-corrected chi connectivity index (χ4v) is 3.00. The van der Waals surface area contributed by atoms with E-state index in [0.29, 0.717) is 13.0 Å². The Morgan fingerprint density at radius 3 is 1.95 bits per heavy atom. The maximum absolute atomic E-state index is 14.0. The Balaban J connectivity index is 0.000000921. The van der Waals surface area contributed by atoms with E-state index in [1.54, 1.807) is 0 Å². The van der Waals surface area contributed by atoms with Crippen molar-refractivity contribution in [2.45, 2.75) is 66.2 Å². The average molecular weight is 306 g/mol. The van der Waals surface area contributed by atoms with Gasteiger partial charge in [-0.1, -0.05) is 41.0 Å². The molecule has 1 unspecified atom stereocenters. The third-order valence-corrected chi connectivity index (χ3v) is 4.20. The van der Waals surface area contributed by atoms with Gasteiger partial charge in [0.05, 0.1) is 6.54 Å². The molecule has 0 amide bonds. The van der Waals surface area contributed by atoms with Crippen LogP contribution in [0.2, 0.25) is 0 Å². The number of alkyl halides is 2. The van der Waals surface area contributed by atoms with Gasteiger partial charge in [0.15, 0.2) is 0 Å². The summed E-state index contributed by atoms with van der Waals surface area (Å²) in [4.78, 5) is 4.11. The predicted octanol–water partition coefficient (Wildman–Crippen LogP) is 4.50. The van der Waals surface area contributed by atoms with Gasteiger partial charge in [0.1, 0.15) is 0 Å². The zero-order valence-electron chi connectivity index (χ0n) is 14.8. The lowest BCUT2D eigenvalue weighted by Crippen LogP contribution is -2.52. The lowest BCUT2D eigenvalue weighted by atomic mass is 9.91. The molecule has 0 spiro atoms. The first-order chi connectivity index (χ1) is 10.1. The molecule has 2 aliphatic heterocycles. The zero-order valence-corrected chi connectivity index (χ0v) is 14.8. The van der Waals surface area contributed by atoms with Gasteiger partial charge in [-0.15, -0.1) is 0 Å². The molecule has 4 heteroatoms. The number of nitrogens with zero attached hydrogens (tertiary/aromatic N) is 2. The van der Waals surface area contributed by atoms with Gasteiger partial charge >= 0.3 is 0 Å². The first kappa shape index (κ1) is 20.8. The van der Waals surface area contributed by atoms with Crippen LogP contribution < -0.4 is 0 Å². The standard InChI is InChI=1S/C13H24F2N2.2C2H6/c1-2-16-9-6-12(13(14,15)11-16)10-17-7-4-3-5-8-17;2*1-2/h12H,2-11H2,1H3;2*1-2H3. The van der Waals surface area contributed by atoms with Gasteiger partial charge in [-0.05, 0) is 45.4 Å². The van der Waals surface area contributed by atoms with Crippen LogP contribution in [-0.4, -0.2) is 55.0 Å². The minimum Gasteiger partial charge on any atom is -0.303 e. The van der Waals surface area contributed by atoms with Crippen LogP contribution in [0.4, 0.5) is 8.78 Å². The summed E-state index contributed by atoms with van der Waals surface area (Å²) in [7, 11) is 0. The van der Waals surface area contributed by atoms with Crippen LogP contribution in [0.1, 0.15) is 60.3 Å². The lowest BCUT2D eigenvalue weighted by molar-refractivity contribution is -0.118. The van der Waals surface area contributed by atoms with Crippen molar-refractivity contribution in [1.29, 1.82) is 0 Å². The third-order valence-electron chi connectivity index (χ3n) is 4.20. The first-order valence-corrected chi connectivity index (χ1v) is 8.94. The largest absolute Gasteiger partial charge is 0.303 e. The molecule has 0 radical (unpaired) electrons. The molecule has 2 rings (SSSR count). The molecule has 2 aliphatic rings. The monoisotopic (exact) mass is 306 g/mol. The van der Waals surface area contributed by atoms with Crippen molar-refractivity contribution in [1.82, 2.24) is 9.80 Å². The van der Waals surface area contributed by atoms with Gasteiger partial charge in [0.25, 0.3) is 5.92 Å². The van der Waals surface area contributed by atoms with Crippen molar-refractivity contribution in [2.75, 3.05) is 39.3 Å². The molecule has 0 bridgehead atoms. The summed E-state index contributed by atoms with van der Waals surface area (Å²) in [5.74, 6) is -2.92. The van der Waals surface area contributed by atoms with Gasteiger partial charge in [-0.3, -0.25) is 4.90 Å². The molecule has 0 aromatic carbocycles. The summed E-state index contributed by atoms with van der Waals surface area (Å²) in [5.41, 5.74) is 0. The first-order valence-electron chi connectivity index (χ1n) is 8.94. The highest BCUT2D eigenvalue weighted by atomic mass is 19.3. The van der Waals surface area contributed by atoms with Crippen LogP contribution >= 0.6 is 0 Å². The number of hydrogen-bond acceptors (Lipinski definition) is 2. The Labute approximate surface area is 130 Å². The molecule has 0 aliphatic carbocycles. The van der Waals surface area contributed by atoms with E-state index < -0.39 is 11.8 Å². The van der Waals surface area contributed by atoms with Crippen LogP contribution in [0.5, 0.6) is 0 Å². The number of likely N-dealkylation sites (tertiary alicyclic amines) is 2. The Morgan fingerprint density at radius 2 is 1.48 bits per heavy atom. The van der Waals surface area contributed by atoms with E-state index in [-0.39, 0.29) is 6.54 Å². The Morgan fingerprint density at radius 1 is 0.905 bits per heavy atom. The van der Waals surface area contributed by atoms with Gasteiger partial charge in [-0.25, -0.2) is 8.78 Å². The summed E-state index contributed by atoms with van der Waals surface area (Å²) in [5, 5.41) is 0. The Kier molecular flexibility index (Phi) is 11.2. The highest BCUT2D eigenvalue weighted by molar-refractivity contribution is 4.88. The van der Waals surface area contributed by atoms with E-state index in [4.69, 9.17) is 0 Å². The molecule has 2 heterocycles. The molecule has 1 atom stereocenters. The summed E-state index contributed by atoms with van der Waals surface area (Å²) in [6.45, 7) is 14.1. The normalized spacial score (nSPS) is 26.1. The van der Waals surface area contributed by atoms with Crippen molar-refractivity contribution < 1.29 is 8.78 Å². The molecule has 0 N–H and O–H groups in total. The average Bonchev–Trinajstić information content (AvgIpc) is 2.54. The smallest absolute Gasteiger partial charge is 0.264 e. The van der Waals surface area contributed by atoms with Crippen LogP contribution in [0.15, 0.2) is 0 Å². The van der Waals surface area contributed by atoms with Crippen molar-refractivity contribution in [3.05, 3.63) is 0 Å². The number of rotatable bonds is 3. The highest BCUT2D eigenvalue weighted by Crippen LogP contribution is 2.33. The van der Waals surface area contributed by atoms with Crippen molar-refractivity contribution >= 4 is 0 Å². The quantitative estimate of drug-likeness (QED) is 0.757. The van der Waals surface area contributed by atoms with Gasteiger partial charge in [-0.2, -0.15) is 0 Å². The minimum absolute atomic E-state index is 0.0397. The van der Waals surface area contributed by atoms with Crippen LogP contribution in [-0.2, 0) is 0 Å². The summed E-state index contributed by atoms with van der Waals surface area (Å²) >= 11 is 0. The maximum Gasteiger partial charge on any atom is 0.264 e. The summed E-state index contributed by atoms with van der Waals surface area (Å²) < 4.78 is 28.0. The molecule has 0 saturated carbocycles. The molecule has 128 valence electrons. The second kappa shape index (κ2) is 11.4. The fraction of sp³-hybridized carbons (Fsp3) is 1.00. The van der Waals surface area contributed by atoms with E-state index in [0.717, 1.165) is 26.2 Å². The number of piperidine rings is 2. The summed E-state index contributed by atoms with van der Waals surface area (Å²) in [6.07, 6.45) is 4.28. The molecule has 0 aromatic heterocycles. The molecule has 2 fully saturated rings. The van der Waals surface area contributed by atoms with Gasteiger partial charge in [0.2, 0.25) is 0 Å². The van der Waals surface area contributed by atoms with Crippen LogP contribution in [0.3, 0.4) is 0 Å². The minimum atomic E-state index is -2.49. The van der Waals surface area contributed by atoms with Crippen molar-refractivity contribution in [3.8, 4) is 0 Å². The van der Waals surface area contributed by atoms with E-state index in [9.17, 15) is 8.78 Å². The molecular formula is C17H36F2N2. The van der Waals surface area contributed by atoms with E-state index in [2.05, 4.69) is 4.90 Å². The second-order valence-electron chi connectivity index (χ2n) is 5.48. The van der Waals surface area contributed by atoms with Gasteiger partial charge in [0, 0.05) is 12.5 Å². The molecular weight excluding hydrogens is 270 g/mol. The predicted molar refractivity (Wildman–Crippen MR) is 88.2 cm³/mol. The van der Waals surface area contributed by atoms with Gasteiger partial charge < -0.3 is 4.90 Å². The maximum atomic E-state index is 14.0. The topological polar surface area (TPSA) is 6.48 Å². The van der Waals surface area contributed by atoms with E-state index in [1.165, 1.54) is 19.3 Å². The molecule has 2 saturated heterocycles. The molecule has 0 aromatic rings. The Bertz CT molecular complexity index is 241. The fourth-order valence-electron chi connectivity index (χ4n) is 3.00.